The Kier molecular flexibility index (Phi) is 4.57. The van der Waals surface area contributed by atoms with E-state index in [0.29, 0.717) is 11.4 Å². The van der Waals surface area contributed by atoms with E-state index in [2.05, 4.69) is 17.0 Å². The van der Waals surface area contributed by atoms with Crippen LogP contribution in [0, 0.1) is 0 Å². The number of rotatable bonds is 6. The molecule has 0 saturated heterocycles. The molecule has 0 atom stereocenters. The molecule has 0 aliphatic carbocycles. The van der Waals surface area contributed by atoms with Crippen molar-refractivity contribution in [3.05, 3.63) is 29.1 Å². The van der Waals surface area contributed by atoms with E-state index in [9.17, 15) is 8.42 Å². The second kappa shape index (κ2) is 6.00. The van der Waals surface area contributed by atoms with Crippen LogP contribution in [0.5, 0.6) is 0 Å². The monoisotopic (exact) mass is 298 g/mol. The van der Waals surface area contributed by atoms with E-state index >= 15 is 0 Å². The van der Waals surface area contributed by atoms with Crippen molar-refractivity contribution >= 4 is 31.4 Å². The molecule has 0 spiro atoms. The Morgan fingerprint density at radius 3 is 2.68 bits per heavy atom. The summed E-state index contributed by atoms with van der Waals surface area (Å²) >= 11 is 1.53. The molecule has 2 rings (SSSR count). The van der Waals surface area contributed by atoms with Crippen LogP contribution in [0.1, 0.15) is 18.2 Å². The molecule has 2 N–H and O–H groups in total. The van der Waals surface area contributed by atoms with Gasteiger partial charge in [-0.1, -0.05) is 25.1 Å². The van der Waals surface area contributed by atoms with Gasteiger partial charge in [0, 0.05) is 21.5 Å². The van der Waals surface area contributed by atoms with E-state index < -0.39 is 10.0 Å². The highest BCUT2D eigenvalue weighted by Gasteiger charge is 2.22. The Balaban J connectivity index is 2.53. The van der Waals surface area contributed by atoms with Crippen LogP contribution in [0.15, 0.2) is 29.2 Å². The molecule has 2 aromatic rings. The van der Waals surface area contributed by atoms with E-state index in [-0.39, 0.29) is 0 Å². The van der Waals surface area contributed by atoms with Gasteiger partial charge in [-0.25, -0.2) is 13.1 Å². The summed E-state index contributed by atoms with van der Waals surface area (Å²) in [6.45, 7) is 3.56. The predicted molar refractivity (Wildman–Crippen MR) is 80.1 cm³/mol. The fraction of sp³-hybridized carbons (Fsp3) is 0.385. The summed E-state index contributed by atoms with van der Waals surface area (Å²) in [5.41, 5.74) is 0. The highest BCUT2D eigenvalue weighted by molar-refractivity contribution is 7.90. The van der Waals surface area contributed by atoms with Crippen LogP contribution >= 0.6 is 11.3 Å². The van der Waals surface area contributed by atoms with Gasteiger partial charge in [0.05, 0.1) is 0 Å². The molecule has 19 heavy (non-hydrogen) atoms. The van der Waals surface area contributed by atoms with Crippen LogP contribution < -0.4 is 10.0 Å². The summed E-state index contributed by atoms with van der Waals surface area (Å²) in [5, 5.41) is 4.07. The van der Waals surface area contributed by atoms with Crippen molar-refractivity contribution < 1.29 is 8.42 Å². The first kappa shape index (κ1) is 14.5. The summed E-state index contributed by atoms with van der Waals surface area (Å²) in [6, 6.07) is 7.61. The van der Waals surface area contributed by atoms with Crippen molar-refractivity contribution in [2.24, 2.45) is 0 Å². The number of fused-ring (bicyclic) bond motifs is 1. The van der Waals surface area contributed by atoms with Crippen LogP contribution in [0.4, 0.5) is 0 Å². The van der Waals surface area contributed by atoms with Gasteiger partial charge in [-0.3, -0.25) is 0 Å². The average Bonchev–Trinajstić information content (AvgIpc) is 2.78. The van der Waals surface area contributed by atoms with E-state index in [0.717, 1.165) is 27.9 Å². The first-order valence-electron chi connectivity index (χ1n) is 6.24. The number of hydrogen-bond donors (Lipinski definition) is 2. The molecule has 0 fully saturated rings. The third kappa shape index (κ3) is 2.97. The first-order chi connectivity index (χ1) is 9.10. The van der Waals surface area contributed by atoms with Crippen LogP contribution in [-0.2, 0) is 16.6 Å². The molecule has 1 heterocycles. The molecule has 6 heteroatoms. The molecule has 0 amide bonds. The zero-order valence-corrected chi connectivity index (χ0v) is 12.7. The number of hydrogen-bond acceptors (Lipinski definition) is 4. The maximum absolute atomic E-state index is 12.2. The molecule has 1 aromatic heterocycles. The van der Waals surface area contributed by atoms with Crippen molar-refractivity contribution in [1.29, 1.82) is 0 Å². The summed E-state index contributed by atoms with van der Waals surface area (Å²) in [5.74, 6) is 0. The van der Waals surface area contributed by atoms with Gasteiger partial charge in [0.2, 0.25) is 10.0 Å². The summed E-state index contributed by atoms with van der Waals surface area (Å²) < 4.78 is 27.8. The lowest BCUT2D eigenvalue weighted by Crippen LogP contribution is -2.21. The number of sulfonamides is 1. The van der Waals surface area contributed by atoms with Gasteiger partial charge in [0.1, 0.15) is 4.90 Å². The van der Waals surface area contributed by atoms with Crippen LogP contribution in [0.2, 0.25) is 0 Å². The summed E-state index contributed by atoms with van der Waals surface area (Å²) in [4.78, 5) is 1.28. The highest BCUT2D eigenvalue weighted by Crippen LogP contribution is 2.34. The zero-order chi connectivity index (χ0) is 13.9. The Morgan fingerprint density at radius 1 is 1.26 bits per heavy atom. The van der Waals surface area contributed by atoms with Gasteiger partial charge in [0.15, 0.2) is 0 Å². The molecule has 0 radical (unpaired) electrons. The Morgan fingerprint density at radius 2 is 2.00 bits per heavy atom. The van der Waals surface area contributed by atoms with Gasteiger partial charge >= 0.3 is 0 Å². The minimum absolute atomic E-state index is 0.416. The third-order valence-electron chi connectivity index (χ3n) is 2.87. The van der Waals surface area contributed by atoms with Crippen LogP contribution in [0.25, 0.3) is 10.1 Å². The summed E-state index contributed by atoms with van der Waals surface area (Å²) in [6.07, 6.45) is 1.03. The molecule has 0 unspecified atom stereocenters. The number of benzene rings is 1. The van der Waals surface area contributed by atoms with Gasteiger partial charge in [-0.2, -0.15) is 0 Å². The molecule has 4 nitrogen and oxygen atoms in total. The minimum Gasteiger partial charge on any atom is -0.312 e. The number of thiophene rings is 1. The van der Waals surface area contributed by atoms with Crippen LogP contribution in [-0.4, -0.2) is 22.0 Å². The lowest BCUT2D eigenvalue weighted by Gasteiger charge is -2.06. The largest absolute Gasteiger partial charge is 0.312 e. The predicted octanol–water partition coefficient (Wildman–Crippen LogP) is 2.31. The van der Waals surface area contributed by atoms with Gasteiger partial charge < -0.3 is 5.32 Å². The quantitative estimate of drug-likeness (QED) is 0.805. The van der Waals surface area contributed by atoms with Gasteiger partial charge in [-0.15, -0.1) is 11.3 Å². The van der Waals surface area contributed by atoms with Gasteiger partial charge in [-0.05, 0) is 26.1 Å². The fourth-order valence-electron chi connectivity index (χ4n) is 1.96. The van der Waals surface area contributed by atoms with Crippen molar-refractivity contribution in [2.75, 3.05) is 13.6 Å². The van der Waals surface area contributed by atoms with Crippen molar-refractivity contribution in [3.8, 4) is 0 Å². The highest BCUT2D eigenvalue weighted by atomic mass is 32.2. The Bertz CT molecular complexity index is 662. The van der Waals surface area contributed by atoms with E-state index in [1.807, 2.05) is 24.3 Å². The lowest BCUT2D eigenvalue weighted by molar-refractivity contribution is 0.587. The molecule has 0 aliphatic heterocycles. The topological polar surface area (TPSA) is 58.2 Å². The van der Waals surface area contributed by atoms with Crippen molar-refractivity contribution in [2.45, 2.75) is 24.8 Å². The number of nitrogens with one attached hydrogen (secondary N) is 2. The van der Waals surface area contributed by atoms with Crippen molar-refractivity contribution in [1.82, 2.24) is 10.0 Å². The standard InChI is InChI=1S/C13H18N2O2S2/c1-3-8-15-9-12-13(19(16,17)14-2)10-6-4-5-7-11(10)18-12/h4-7,14-15H,3,8-9H2,1-2H3. The zero-order valence-electron chi connectivity index (χ0n) is 11.1. The Labute approximate surface area is 117 Å². The molecule has 0 saturated carbocycles. The molecule has 1 aromatic carbocycles. The van der Waals surface area contributed by atoms with E-state index in [4.69, 9.17) is 0 Å². The molecule has 0 aliphatic rings. The van der Waals surface area contributed by atoms with Gasteiger partial charge in [0.25, 0.3) is 0 Å². The smallest absolute Gasteiger partial charge is 0.242 e. The fourth-order valence-corrected chi connectivity index (χ4v) is 4.60. The maximum Gasteiger partial charge on any atom is 0.242 e. The molecular weight excluding hydrogens is 280 g/mol. The first-order valence-corrected chi connectivity index (χ1v) is 8.54. The van der Waals surface area contributed by atoms with Crippen molar-refractivity contribution in [3.63, 3.8) is 0 Å². The average molecular weight is 298 g/mol. The minimum atomic E-state index is -3.43. The third-order valence-corrected chi connectivity index (χ3v) is 5.71. The van der Waals surface area contributed by atoms with E-state index in [1.54, 1.807) is 0 Å². The lowest BCUT2D eigenvalue weighted by atomic mass is 10.2. The molecular formula is C13H18N2O2S2. The normalized spacial score (nSPS) is 12.1. The Hall–Kier alpha value is -0.950. The maximum atomic E-state index is 12.2. The SMILES string of the molecule is CCCNCc1sc2ccccc2c1S(=O)(=O)NC. The van der Waals surface area contributed by atoms with Crippen LogP contribution in [0.3, 0.4) is 0 Å². The molecule has 0 bridgehead atoms. The summed E-state index contributed by atoms with van der Waals surface area (Å²) in [7, 11) is -1.98. The molecule has 104 valence electrons. The second-order valence-electron chi connectivity index (χ2n) is 4.23. The van der Waals surface area contributed by atoms with E-state index in [1.165, 1.54) is 18.4 Å². The second-order valence-corrected chi connectivity index (χ2v) is 7.19.